The molecule has 4 rings (SSSR count). The number of hydrogen-bond donors (Lipinski definition) is 0. The van der Waals surface area contributed by atoms with Crippen LogP contribution in [0.1, 0.15) is 24.5 Å². The van der Waals surface area contributed by atoms with E-state index in [4.69, 9.17) is 9.16 Å². The molecule has 0 aliphatic heterocycles. The molecule has 0 atom stereocenters. The van der Waals surface area contributed by atoms with Gasteiger partial charge in [-0.05, 0) is 45.1 Å². The predicted molar refractivity (Wildman–Crippen MR) is 114 cm³/mol. The van der Waals surface area contributed by atoms with Gasteiger partial charge >= 0.3 is 26.2 Å². The van der Waals surface area contributed by atoms with Crippen molar-refractivity contribution in [1.82, 2.24) is 0 Å². The van der Waals surface area contributed by atoms with Crippen LogP contribution in [0.4, 0.5) is 0 Å². The first-order valence-corrected chi connectivity index (χ1v) is 12.9. The Morgan fingerprint density at radius 2 is 1.77 bits per heavy atom. The molecule has 0 amide bonds. The van der Waals surface area contributed by atoms with Gasteiger partial charge in [0.15, 0.2) is 15.1 Å². The van der Waals surface area contributed by atoms with Crippen LogP contribution in [-0.4, -0.2) is 15.1 Å². The number of allylic oxidation sites excluding steroid dienone is 3. The van der Waals surface area contributed by atoms with Gasteiger partial charge in [0, 0.05) is 0 Å². The molecule has 0 N–H and O–H groups in total. The van der Waals surface area contributed by atoms with Crippen LogP contribution in [0.25, 0.3) is 17.7 Å². The van der Waals surface area contributed by atoms with Gasteiger partial charge in [-0.2, -0.15) is 0 Å². The Bertz CT molecular complexity index is 1180. The van der Waals surface area contributed by atoms with E-state index in [1.54, 1.807) is 0 Å². The molecule has 0 unspecified atom stereocenters. The molecule has 2 aliphatic rings. The van der Waals surface area contributed by atoms with E-state index in [2.05, 4.69) is 87.3 Å². The molecule has 0 heterocycles. The zero-order valence-corrected chi connectivity index (χ0v) is 22.7. The van der Waals surface area contributed by atoms with Gasteiger partial charge in [0.1, 0.15) is 5.76 Å². The van der Waals surface area contributed by atoms with Gasteiger partial charge in [0.2, 0.25) is 0 Å². The predicted octanol–water partition coefficient (Wildman–Crippen LogP) is -1.70. The van der Waals surface area contributed by atoms with Gasteiger partial charge in [-0.1, -0.05) is 52.8 Å². The van der Waals surface area contributed by atoms with Crippen LogP contribution in [0.15, 0.2) is 54.3 Å². The smallest absolute Gasteiger partial charge is 1.00 e. The summed E-state index contributed by atoms with van der Waals surface area (Å²) >= 11 is 0. The van der Waals surface area contributed by atoms with Gasteiger partial charge in [-0.25, -0.2) is 0 Å². The number of rotatable bonds is 5. The van der Waals surface area contributed by atoms with Gasteiger partial charge < -0.3 is 34.0 Å². The summed E-state index contributed by atoms with van der Waals surface area (Å²) in [5.41, 5.74) is 3.75. The Kier molecular flexibility index (Phi) is 10.0. The SMILES string of the molecule is CC=c1ccc2c(c1C1=CC(OCO[Si](C)(C)C)=CC1)[C-]=c1ccccc1=2.[Cl-].[Cl-].[Zr+3]. The Hall–Kier alpha value is -0.900. The van der Waals surface area contributed by atoms with Crippen molar-refractivity contribution in [3.63, 3.8) is 0 Å². The Morgan fingerprint density at radius 1 is 1.03 bits per heavy atom. The zero-order chi connectivity index (χ0) is 19.0. The largest absolute Gasteiger partial charge is 3.00 e. The van der Waals surface area contributed by atoms with E-state index >= 15 is 0 Å². The molecule has 0 saturated heterocycles. The van der Waals surface area contributed by atoms with E-state index in [0.29, 0.717) is 6.79 Å². The minimum absolute atomic E-state index is 0. The van der Waals surface area contributed by atoms with Gasteiger partial charge in [-0.3, -0.25) is 0 Å². The Balaban J connectivity index is 0.00000150. The van der Waals surface area contributed by atoms with Crippen LogP contribution in [-0.2, 0) is 35.4 Å². The maximum atomic E-state index is 5.85. The Morgan fingerprint density at radius 3 is 2.47 bits per heavy atom. The minimum Gasteiger partial charge on any atom is -1.00 e. The summed E-state index contributed by atoms with van der Waals surface area (Å²) < 4.78 is 11.7. The molecule has 0 fully saturated rings. The van der Waals surface area contributed by atoms with Crippen molar-refractivity contribution in [3.8, 4) is 0 Å². The third kappa shape index (κ3) is 5.66. The van der Waals surface area contributed by atoms with Gasteiger partial charge in [0.25, 0.3) is 0 Å². The average Bonchev–Trinajstić information content (AvgIpc) is 3.24. The van der Waals surface area contributed by atoms with Gasteiger partial charge in [0.05, 0.1) is 0 Å². The number of ether oxygens (including phenoxy) is 1. The minimum atomic E-state index is -1.56. The van der Waals surface area contributed by atoms with E-state index in [1.165, 1.54) is 37.6 Å². The summed E-state index contributed by atoms with van der Waals surface area (Å²) in [6.07, 6.45) is 11.0. The molecular formula is C24H25Cl2O2SiZr. The molecule has 2 nitrogen and oxygen atoms in total. The van der Waals surface area contributed by atoms with E-state index in [1.807, 2.05) is 0 Å². The van der Waals surface area contributed by atoms with Crippen LogP contribution < -0.4 is 35.3 Å². The molecule has 1 radical (unpaired) electrons. The maximum absolute atomic E-state index is 5.85. The maximum Gasteiger partial charge on any atom is 3.00 e. The van der Waals surface area contributed by atoms with Crippen LogP contribution in [0.3, 0.4) is 0 Å². The molecule has 0 aromatic heterocycles. The van der Waals surface area contributed by atoms with Crippen molar-refractivity contribution >= 4 is 26.0 Å². The number of hydrogen-bond acceptors (Lipinski definition) is 2. The van der Waals surface area contributed by atoms with Crippen molar-refractivity contribution in [3.05, 3.63) is 86.3 Å². The standard InChI is InChI=1S/C24H25O2Si.2ClH.Zr/c1-5-17-11-13-22-21-9-7-6-8-18(21)15-23(22)24(17)19-10-12-20(14-19)25-16-26-27(2,3)4;;;/h5-9,11-14H,10,16H2,1-4H3;2*1H;/q-1;;;+3/p-2. The molecule has 0 spiro atoms. The van der Waals surface area contributed by atoms with Crippen LogP contribution >= 0.6 is 0 Å². The molecule has 30 heavy (non-hydrogen) atoms. The average molecular weight is 536 g/mol. The van der Waals surface area contributed by atoms with E-state index in [-0.39, 0.29) is 51.0 Å². The molecule has 2 aromatic rings. The van der Waals surface area contributed by atoms with E-state index in [0.717, 1.165) is 12.2 Å². The third-order valence-corrected chi connectivity index (χ3v) is 5.89. The summed E-state index contributed by atoms with van der Waals surface area (Å²) in [6.45, 7) is 8.92. The van der Waals surface area contributed by atoms with Crippen LogP contribution in [0.5, 0.6) is 0 Å². The molecule has 155 valence electrons. The summed E-state index contributed by atoms with van der Waals surface area (Å²) in [4.78, 5) is 0. The van der Waals surface area contributed by atoms with Crippen molar-refractivity contribution < 1.29 is 60.2 Å². The molecule has 2 aliphatic carbocycles. The molecule has 6 heteroatoms. The number of halogens is 2. The molecule has 0 saturated carbocycles. The van der Waals surface area contributed by atoms with E-state index < -0.39 is 8.32 Å². The summed E-state index contributed by atoms with van der Waals surface area (Å²) in [5, 5.41) is 4.95. The van der Waals surface area contributed by atoms with Crippen molar-refractivity contribution in [2.75, 3.05) is 6.79 Å². The van der Waals surface area contributed by atoms with E-state index in [9.17, 15) is 0 Å². The van der Waals surface area contributed by atoms with Crippen molar-refractivity contribution in [1.29, 1.82) is 0 Å². The first-order valence-electron chi connectivity index (χ1n) is 9.47. The quantitative estimate of drug-likeness (QED) is 0.220. The number of benzene rings is 2. The third-order valence-electron chi connectivity index (χ3n) is 4.90. The zero-order valence-electron chi connectivity index (χ0n) is 17.7. The summed E-state index contributed by atoms with van der Waals surface area (Å²) in [7, 11) is -1.56. The normalized spacial score (nSPS) is 14.2. The first kappa shape index (κ1) is 27.1. The first-order chi connectivity index (χ1) is 13.0. The summed E-state index contributed by atoms with van der Waals surface area (Å²) in [6, 6.07) is 12.9. The van der Waals surface area contributed by atoms with Crippen LogP contribution in [0, 0.1) is 10.4 Å². The fourth-order valence-corrected chi connectivity index (χ4v) is 3.98. The number of fused-ring (bicyclic) bond motifs is 2. The second-order valence-corrected chi connectivity index (χ2v) is 12.4. The second-order valence-electron chi connectivity index (χ2n) is 7.91. The monoisotopic (exact) mass is 533 g/mol. The molecule has 2 aromatic carbocycles. The van der Waals surface area contributed by atoms with Crippen molar-refractivity contribution in [2.45, 2.75) is 33.0 Å². The van der Waals surface area contributed by atoms with Crippen LogP contribution in [0.2, 0.25) is 19.6 Å². The fraction of sp³-hybridized carbons (Fsp3) is 0.250. The summed E-state index contributed by atoms with van der Waals surface area (Å²) in [5.74, 6) is 0.901. The second kappa shape index (κ2) is 11.1. The van der Waals surface area contributed by atoms with Gasteiger partial charge in [-0.15, -0.1) is 33.4 Å². The fourth-order valence-electron chi connectivity index (χ4n) is 3.57. The van der Waals surface area contributed by atoms with Crippen molar-refractivity contribution in [2.24, 2.45) is 0 Å². The molecule has 0 bridgehead atoms. The molecular weight excluding hydrogens is 510 g/mol. The Labute approximate surface area is 211 Å². The topological polar surface area (TPSA) is 18.5 Å².